The van der Waals surface area contributed by atoms with E-state index in [1.165, 1.54) is 0 Å². The van der Waals surface area contributed by atoms with Crippen molar-refractivity contribution in [2.75, 3.05) is 20.0 Å². The first-order valence-electron chi connectivity index (χ1n) is 5.98. The SMILES string of the molecule is COc1ccc(C(N)c2ccc(N)cc2)cc1OC. The number of anilines is 1. The molecule has 0 saturated heterocycles. The zero-order valence-electron chi connectivity index (χ0n) is 11.1. The monoisotopic (exact) mass is 258 g/mol. The van der Waals surface area contributed by atoms with Crippen LogP contribution in [-0.2, 0) is 0 Å². The highest BCUT2D eigenvalue weighted by Gasteiger charge is 2.12. The van der Waals surface area contributed by atoms with Gasteiger partial charge < -0.3 is 20.9 Å². The van der Waals surface area contributed by atoms with E-state index in [2.05, 4.69) is 0 Å². The molecule has 0 aliphatic heterocycles. The Kier molecular flexibility index (Phi) is 3.92. The summed E-state index contributed by atoms with van der Waals surface area (Å²) in [6, 6.07) is 13.0. The molecule has 2 aromatic rings. The van der Waals surface area contributed by atoms with Gasteiger partial charge in [-0.1, -0.05) is 18.2 Å². The molecule has 4 nitrogen and oxygen atoms in total. The van der Waals surface area contributed by atoms with Gasteiger partial charge in [-0.3, -0.25) is 0 Å². The van der Waals surface area contributed by atoms with E-state index in [-0.39, 0.29) is 6.04 Å². The molecule has 0 radical (unpaired) electrons. The Morgan fingerprint density at radius 1 is 0.842 bits per heavy atom. The number of nitrogens with two attached hydrogens (primary N) is 2. The average molecular weight is 258 g/mol. The Bertz CT molecular complexity index is 553. The second-order valence-electron chi connectivity index (χ2n) is 4.26. The lowest BCUT2D eigenvalue weighted by molar-refractivity contribution is 0.354. The second-order valence-corrected chi connectivity index (χ2v) is 4.26. The van der Waals surface area contributed by atoms with Crippen LogP contribution >= 0.6 is 0 Å². The number of hydrogen-bond donors (Lipinski definition) is 2. The molecule has 1 unspecified atom stereocenters. The van der Waals surface area contributed by atoms with E-state index in [9.17, 15) is 0 Å². The van der Waals surface area contributed by atoms with Crippen LogP contribution in [0.15, 0.2) is 42.5 Å². The first-order chi connectivity index (χ1) is 9.15. The van der Waals surface area contributed by atoms with E-state index in [0.717, 1.165) is 16.8 Å². The summed E-state index contributed by atoms with van der Waals surface area (Å²) in [6.07, 6.45) is 0. The molecule has 100 valence electrons. The van der Waals surface area contributed by atoms with Crippen LogP contribution in [0, 0.1) is 0 Å². The molecule has 4 N–H and O–H groups in total. The minimum atomic E-state index is -0.222. The molecule has 0 fully saturated rings. The predicted molar refractivity (Wildman–Crippen MR) is 76.4 cm³/mol. The second kappa shape index (κ2) is 5.63. The van der Waals surface area contributed by atoms with Crippen molar-refractivity contribution in [3.05, 3.63) is 53.6 Å². The molecule has 1 atom stereocenters. The summed E-state index contributed by atoms with van der Waals surface area (Å²) < 4.78 is 10.5. The van der Waals surface area contributed by atoms with Crippen molar-refractivity contribution in [1.82, 2.24) is 0 Å². The van der Waals surface area contributed by atoms with Gasteiger partial charge in [0.05, 0.1) is 20.3 Å². The summed E-state index contributed by atoms with van der Waals surface area (Å²) in [5.74, 6) is 1.36. The zero-order chi connectivity index (χ0) is 13.8. The third-order valence-electron chi connectivity index (χ3n) is 3.06. The Morgan fingerprint density at radius 2 is 1.42 bits per heavy atom. The first kappa shape index (κ1) is 13.2. The van der Waals surface area contributed by atoms with Gasteiger partial charge in [-0.15, -0.1) is 0 Å². The van der Waals surface area contributed by atoms with Gasteiger partial charge >= 0.3 is 0 Å². The Labute approximate surface area is 112 Å². The van der Waals surface area contributed by atoms with Crippen LogP contribution in [0.2, 0.25) is 0 Å². The minimum Gasteiger partial charge on any atom is -0.493 e. The number of hydrogen-bond acceptors (Lipinski definition) is 4. The fraction of sp³-hybridized carbons (Fsp3) is 0.200. The largest absolute Gasteiger partial charge is 0.493 e. The standard InChI is InChI=1S/C15H18N2O2/c1-18-13-8-5-11(9-14(13)19-2)15(17)10-3-6-12(16)7-4-10/h3-9,15H,16-17H2,1-2H3. The summed E-state index contributed by atoms with van der Waals surface area (Å²) in [4.78, 5) is 0. The number of methoxy groups -OCH3 is 2. The van der Waals surface area contributed by atoms with Crippen molar-refractivity contribution in [3.63, 3.8) is 0 Å². The predicted octanol–water partition coefficient (Wildman–Crippen LogP) is 2.33. The smallest absolute Gasteiger partial charge is 0.161 e. The van der Waals surface area contributed by atoms with E-state index >= 15 is 0 Å². The quantitative estimate of drug-likeness (QED) is 0.826. The summed E-state index contributed by atoms with van der Waals surface area (Å²) >= 11 is 0. The van der Waals surface area contributed by atoms with Crippen molar-refractivity contribution in [2.24, 2.45) is 5.73 Å². The van der Waals surface area contributed by atoms with E-state index in [1.54, 1.807) is 14.2 Å². The molecular weight excluding hydrogens is 240 g/mol. The molecule has 19 heavy (non-hydrogen) atoms. The highest BCUT2D eigenvalue weighted by atomic mass is 16.5. The van der Waals surface area contributed by atoms with E-state index in [0.29, 0.717) is 11.5 Å². The van der Waals surface area contributed by atoms with Gasteiger partial charge in [-0.25, -0.2) is 0 Å². The van der Waals surface area contributed by atoms with Crippen LogP contribution in [0.5, 0.6) is 11.5 Å². The summed E-state index contributed by atoms with van der Waals surface area (Å²) in [7, 11) is 3.22. The van der Waals surface area contributed by atoms with Crippen molar-refractivity contribution in [1.29, 1.82) is 0 Å². The van der Waals surface area contributed by atoms with E-state index < -0.39 is 0 Å². The minimum absolute atomic E-state index is 0.222. The third kappa shape index (κ3) is 2.80. The lowest BCUT2D eigenvalue weighted by Crippen LogP contribution is -2.12. The van der Waals surface area contributed by atoms with Gasteiger partial charge in [-0.2, -0.15) is 0 Å². The lowest BCUT2D eigenvalue weighted by Gasteiger charge is -2.15. The Hall–Kier alpha value is -2.20. The molecule has 0 amide bonds. The average Bonchev–Trinajstić information content (AvgIpc) is 2.46. The topological polar surface area (TPSA) is 70.5 Å². The van der Waals surface area contributed by atoms with Crippen LogP contribution in [0.4, 0.5) is 5.69 Å². The molecule has 0 bridgehead atoms. The highest BCUT2D eigenvalue weighted by Crippen LogP contribution is 2.31. The first-order valence-corrected chi connectivity index (χ1v) is 5.98. The van der Waals surface area contributed by atoms with E-state index in [1.807, 2.05) is 42.5 Å². The molecule has 0 spiro atoms. The molecule has 2 aromatic carbocycles. The van der Waals surface area contributed by atoms with Crippen LogP contribution in [-0.4, -0.2) is 14.2 Å². The van der Waals surface area contributed by atoms with Crippen molar-refractivity contribution in [3.8, 4) is 11.5 Å². The van der Waals surface area contributed by atoms with Gasteiger partial charge in [0.25, 0.3) is 0 Å². The van der Waals surface area contributed by atoms with Crippen molar-refractivity contribution < 1.29 is 9.47 Å². The van der Waals surface area contributed by atoms with Gasteiger partial charge in [0.15, 0.2) is 11.5 Å². The highest BCUT2D eigenvalue weighted by molar-refractivity contribution is 5.47. The third-order valence-corrected chi connectivity index (χ3v) is 3.06. The summed E-state index contributed by atoms with van der Waals surface area (Å²) in [5, 5.41) is 0. The van der Waals surface area contributed by atoms with Crippen LogP contribution in [0.25, 0.3) is 0 Å². The van der Waals surface area contributed by atoms with Crippen molar-refractivity contribution in [2.45, 2.75) is 6.04 Å². The summed E-state index contributed by atoms with van der Waals surface area (Å²) in [5.41, 5.74) is 14.6. The maximum atomic E-state index is 6.24. The van der Waals surface area contributed by atoms with Crippen LogP contribution < -0.4 is 20.9 Å². The molecule has 0 aliphatic rings. The number of nitrogen functional groups attached to an aromatic ring is 1. The maximum Gasteiger partial charge on any atom is 0.161 e. The zero-order valence-corrected chi connectivity index (χ0v) is 11.1. The maximum absolute atomic E-state index is 6.24. The number of rotatable bonds is 4. The Balaban J connectivity index is 2.33. The molecule has 0 heterocycles. The molecular formula is C15H18N2O2. The molecule has 2 rings (SSSR count). The lowest BCUT2D eigenvalue weighted by atomic mass is 9.99. The van der Waals surface area contributed by atoms with Crippen LogP contribution in [0.1, 0.15) is 17.2 Å². The van der Waals surface area contributed by atoms with Gasteiger partial charge in [-0.05, 0) is 35.4 Å². The fourth-order valence-electron chi connectivity index (χ4n) is 1.94. The molecule has 0 saturated carbocycles. The Morgan fingerprint density at radius 3 is 2.00 bits per heavy atom. The van der Waals surface area contributed by atoms with Gasteiger partial charge in [0.2, 0.25) is 0 Å². The van der Waals surface area contributed by atoms with Crippen LogP contribution in [0.3, 0.4) is 0 Å². The normalized spacial score (nSPS) is 11.9. The van der Waals surface area contributed by atoms with E-state index in [4.69, 9.17) is 20.9 Å². The number of ether oxygens (including phenoxy) is 2. The van der Waals surface area contributed by atoms with Gasteiger partial charge in [0, 0.05) is 5.69 Å². The molecule has 4 heteroatoms. The van der Waals surface area contributed by atoms with Crippen molar-refractivity contribution >= 4 is 5.69 Å². The number of benzene rings is 2. The summed E-state index contributed by atoms with van der Waals surface area (Å²) in [6.45, 7) is 0. The molecule has 0 aromatic heterocycles. The fourth-order valence-corrected chi connectivity index (χ4v) is 1.94. The molecule has 0 aliphatic carbocycles. The van der Waals surface area contributed by atoms with Gasteiger partial charge in [0.1, 0.15) is 0 Å².